The minimum Gasteiger partial charge on any atom is -0.332 e. The van der Waals surface area contributed by atoms with Gasteiger partial charge in [0.2, 0.25) is 0 Å². The predicted octanol–water partition coefficient (Wildman–Crippen LogP) is 1.80. The fraction of sp³-hybridized carbons (Fsp3) is 0.100. The lowest BCUT2D eigenvalue weighted by molar-refractivity contribution is 0.791. The first-order valence-electron chi connectivity index (χ1n) is 4.30. The molecule has 74 valence electrons. The van der Waals surface area contributed by atoms with Crippen molar-refractivity contribution >= 4 is 22.6 Å². The Bertz CT molecular complexity index is 512. The number of nitrogens with zero attached hydrogens (tertiary/aromatic N) is 4. The summed E-state index contributed by atoms with van der Waals surface area (Å²) >= 11 is 2.24. The lowest BCUT2D eigenvalue weighted by Crippen LogP contribution is -1.98. The van der Waals surface area contributed by atoms with E-state index in [9.17, 15) is 0 Å². The minimum atomic E-state index is 0.444. The Labute approximate surface area is 101 Å². The maximum Gasteiger partial charge on any atom is 0.158 e. The van der Waals surface area contributed by atoms with Crippen LogP contribution in [0.3, 0.4) is 0 Å². The van der Waals surface area contributed by atoms with E-state index in [2.05, 4.69) is 32.6 Å². The van der Waals surface area contributed by atoms with Gasteiger partial charge in [-0.2, -0.15) is 5.26 Å². The number of hydrogen-bond acceptors (Lipinski definition) is 3. The molecule has 2 heterocycles. The van der Waals surface area contributed by atoms with E-state index >= 15 is 0 Å². The summed E-state index contributed by atoms with van der Waals surface area (Å²) in [5.41, 5.74) is 1.62. The van der Waals surface area contributed by atoms with Gasteiger partial charge in [-0.15, -0.1) is 0 Å². The number of hydrogen-bond donors (Lipinski definition) is 0. The molecule has 0 amide bonds. The van der Waals surface area contributed by atoms with Crippen LogP contribution in [0.1, 0.15) is 11.3 Å². The van der Waals surface area contributed by atoms with E-state index in [1.807, 2.05) is 22.9 Å². The van der Waals surface area contributed by atoms with Gasteiger partial charge in [0.25, 0.3) is 0 Å². The molecule has 0 aliphatic carbocycles. The second kappa shape index (κ2) is 4.40. The number of imidazole rings is 1. The van der Waals surface area contributed by atoms with Crippen molar-refractivity contribution < 1.29 is 0 Å². The van der Waals surface area contributed by atoms with Crippen molar-refractivity contribution in [1.82, 2.24) is 14.5 Å². The van der Waals surface area contributed by atoms with E-state index in [1.54, 1.807) is 18.7 Å². The van der Waals surface area contributed by atoms with Crippen LogP contribution in [0.4, 0.5) is 0 Å². The largest absolute Gasteiger partial charge is 0.332 e. The zero-order valence-corrected chi connectivity index (χ0v) is 9.92. The standard InChI is InChI=1S/C10H7IN4/c11-10-4-13-2-1-8(10)5-15-6-9(3-12)14-7-15/h1-2,4,6-7H,5H2. The molecule has 0 bridgehead atoms. The lowest BCUT2D eigenvalue weighted by Gasteiger charge is -2.03. The Morgan fingerprint density at radius 1 is 1.53 bits per heavy atom. The summed E-state index contributed by atoms with van der Waals surface area (Å²) in [5.74, 6) is 0. The SMILES string of the molecule is N#Cc1cn(Cc2ccncc2I)cn1. The summed E-state index contributed by atoms with van der Waals surface area (Å²) in [5, 5.41) is 8.63. The molecule has 0 saturated carbocycles. The normalized spacial score (nSPS) is 9.87. The Hall–Kier alpha value is -1.42. The molecule has 0 aliphatic heterocycles. The van der Waals surface area contributed by atoms with Gasteiger partial charge < -0.3 is 4.57 Å². The maximum absolute atomic E-state index is 8.63. The van der Waals surface area contributed by atoms with Crippen LogP contribution in [0, 0.1) is 14.9 Å². The summed E-state index contributed by atoms with van der Waals surface area (Å²) in [6, 6.07) is 3.97. The van der Waals surface area contributed by atoms with E-state index in [0.29, 0.717) is 5.69 Å². The topological polar surface area (TPSA) is 54.5 Å². The van der Waals surface area contributed by atoms with Crippen LogP contribution in [0.5, 0.6) is 0 Å². The number of aromatic nitrogens is 3. The Balaban J connectivity index is 2.23. The number of halogens is 1. The number of rotatable bonds is 2. The van der Waals surface area contributed by atoms with Gasteiger partial charge in [-0.25, -0.2) is 4.98 Å². The molecule has 0 atom stereocenters. The van der Waals surface area contributed by atoms with E-state index in [-0.39, 0.29) is 0 Å². The van der Waals surface area contributed by atoms with Gasteiger partial charge in [0.05, 0.1) is 6.33 Å². The van der Waals surface area contributed by atoms with Crippen molar-refractivity contribution in [2.45, 2.75) is 6.54 Å². The van der Waals surface area contributed by atoms with Crippen LogP contribution in [-0.2, 0) is 6.54 Å². The molecule has 0 aliphatic rings. The molecule has 0 fully saturated rings. The van der Waals surface area contributed by atoms with E-state index in [0.717, 1.165) is 10.1 Å². The third-order valence-electron chi connectivity index (χ3n) is 1.96. The van der Waals surface area contributed by atoms with Crippen LogP contribution in [0.15, 0.2) is 31.0 Å². The summed E-state index contributed by atoms with van der Waals surface area (Å²) in [6.07, 6.45) is 6.98. The van der Waals surface area contributed by atoms with Gasteiger partial charge in [0.15, 0.2) is 5.69 Å². The van der Waals surface area contributed by atoms with Crippen molar-refractivity contribution in [1.29, 1.82) is 5.26 Å². The van der Waals surface area contributed by atoms with E-state index in [4.69, 9.17) is 5.26 Å². The van der Waals surface area contributed by atoms with Gasteiger partial charge in [-0.3, -0.25) is 4.98 Å². The minimum absolute atomic E-state index is 0.444. The summed E-state index contributed by atoms with van der Waals surface area (Å²) in [4.78, 5) is 7.97. The first-order valence-corrected chi connectivity index (χ1v) is 5.38. The van der Waals surface area contributed by atoms with Crippen LogP contribution >= 0.6 is 22.6 Å². The van der Waals surface area contributed by atoms with Crippen molar-refractivity contribution in [3.05, 3.63) is 45.8 Å². The van der Waals surface area contributed by atoms with Gasteiger partial charge in [-0.1, -0.05) is 0 Å². The first-order chi connectivity index (χ1) is 7.29. The summed E-state index contributed by atoms with van der Waals surface area (Å²) < 4.78 is 3.00. The lowest BCUT2D eigenvalue weighted by atomic mass is 10.3. The quantitative estimate of drug-likeness (QED) is 0.795. The third-order valence-corrected chi connectivity index (χ3v) is 2.93. The molecule has 0 spiro atoms. The molecule has 5 heteroatoms. The number of nitriles is 1. The third kappa shape index (κ3) is 2.33. The Morgan fingerprint density at radius 2 is 2.40 bits per heavy atom. The highest BCUT2D eigenvalue weighted by Gasteiger charge is 2.01. The molecular weight excluding hydrogens is 303 g/mol. The highest BCUT2D eigenvalue weighted by molar-refractivity contribution is 14.1. The smallest absolute Gasteiger partial charge is 0.158 e. The second-order valence-corrected chi connectivity index (χ2v) is 4.17. The average Bonchev–Trinajstić information content (AvgIpc) is 2.69. The van der Waals surface area contributed by atoms with Gasteiger partial charge in [0, 0.05) is 28.7 Å². The fourth-order valence-electron chi connectivity index (χ4n) is 1.23. The average molecular weight is 310 g/mol. The van der Waals surface area contributed by atoms with Crippen molar-refractivity contribution in [2.24, 2.45) is 0 Å². The van der Waals surface area contributed by atoms with Crippen LogP contribution in [0.25, 0.3) is 0 Å². The van der Waals surface area contributed by atoms with E-state index in [1.165, 1.54) is 5.56 Å². The van der Waals surface area contributed by atoms with Crippen molar-refractivity contribution in [3.63, 3.8) is 0 Å². The van der Waals surface area contributed by atoms with Crippen molar-refractivity contribution in [2.75, 3.05) is 0 Å². The first kappa shape index (κ1) is 10.1. The Morgan fingerprint density at radius 3 is 3.07 bits per heavy atom. The second-order valence-electron chi connectivity index (χ2n) is 3.01. The van der Waals surface area contributed by atoms with Crippen LogP contribution < -0.4 is 0 Å². The maximum atomic E-state index is 8.63. The zero-order chi connectivity index (χ0) is 10.7. The fourth-order valence-corrected chi connectivity index (χ4v) is 1.74. The summed E-state index contributed by atoms with van der Waals surface area (Å²) in [7, 11) is 0. The molecule has 4 nitrogen and oxygen atoms in total. The molecule has 15 heavy (non-hydrogen) atoms. The Kier molecular flexibility index (Phi) is 2.97. The molecule has 2 aromatic heterocycles. The van der Waals surface area contributed by atoms with Crippen LogP contribution in [-0.4, -0.2) is 14.5 Å². The highest BCUT2D eigenvalue weighted by atomic mass is 127. The molecule has 0 radical (unpaired) electrons. The highest BCUT2D eigenvalue weighted by Crippen LogP contribution is 2.11. The molecule has 0 N–H and O–H groups in total. The van der Waals surface area contributed by atoms with Crippen molar-refractivity contribution in [3.8, 4) is 6.07 Å². The molecule has 0 aromatic carbocycles. The molecular formula is C10H7IN4. The van der Waals surface area contributed by atoms with Crippen LogP contribution in [0.2, 0.25) is 0 Å². The zero-order valence-electron chi connectivity index (χ0n) is 7.76. The predicted molar refractivity (Wildman–Crippen MR) is 63.0 cm³/mol. The molecule has 2 aromatic rings. The van der Waals surface area contributed by atoms with Gasteiger partial charge in [0.1, 0.15) is 6.07 Å². The van der Waals surface area contributed by atoms with Gasteiger partial charge in [-0.05, 0) is 34.2 Å². The van der Waals surface area contributed by atoms with E-state index < -0.39 is 0 Å². The summed E-state index contributed by atoms with van der Waals surface area (Å²) in [6.45, 7) is 0.718. The molecule has 2 rings (SSSR count). The number of pyridine rings is 1. The monoisotopic (exact) mass is 310 g/mol. The van der Waals surface area contributed by atoms with Gasteiger partial charge >= 0.3 is 0 Å². The molecule has 0 unspecified atom stereocenters. The molecule has 0 saturated heterocycles.